The Labute approximate surface area is 269 Å². The molecule has 1 N–H and O–H groups in total. The highest BCUT2D eigenvalue weighted by molar-refractivity contribution is 7.16. The molecule has 3 aliphatic heterocycles. The summed E-state index contributed by atoms with van der Waals surface area (Å²) in [6.45, 7) is 4.74. The highest BCUT2D eigenvalue weighted by Crippen LogP contribution is 2.48. The first-order valence-corrected chi connectivity index (χ1v) is 16.4. The third-order valence-corrected chi connectivity index (χ3v) is 11.1. The second-order valence-electron chi connectivity index (χ2n) is 13.4. The Morgan fingerprint density at radius 3 is 2.59 bits per heavy atom. The van der Waals surface area contributed by atoms with E-state index in [1.165, 1.54) is 29.5 Å². The molecular formula is C34H33F2N7O2S. The molecule has 9 nitrogen and oxygen atoms in total. The molecule has 4 aliphatic rings. The van der Waals surface area contributed by atoms with Crippen molar-refractivity contribution in [3.8, 4) is 17.3 Å². The van der Waals surface area contributed by atoms with Gasteiger partial charge in [0.25, 0.3) is 0 Å². The van der Waals surface area contributed by atoms with Crippen molar-refractivity contribution in [3.63, 3.8) is 0 Å². The number of amides is 1. The number of likely N-dealkylation sites (tertiary alicyclic amines) is 2. The largest absolute Gasteiger partial charge is 0.387 e. The topological polar surface area (TPSA) is 99.8 Å². The summed E-state index contributed by atoms with van der Waals surface area (Å²) in [5.74, 6) is -0.502. The van der Waals surface area contributed by atoms with Gasteiger partial charge in [-0.05, 0) is 69.3 Å². The fourth-order valence-electron chi connectivity index (χ4n) is 7.74. The molecule has 8 rings (SSSR count). The van der Waals surface area contributed by atoms with Crippen LogP contribution in [0.25, 0.3) is 22.2 Å². The number of nitriles is 1. The molecule has 2 aromatic heterocycles. The van der Waals surface area contributed by atoms with Crippen molar-refractivity contribution in [1.29, 1.82) is 5.26 Å². The number of carbonyl (C=O) groups excluding carboxylic acids is 1. The Morgan fingerprint density at radius 1 is 1.13 bits per heavy atom. The number of aromatic nitrogens is 2. The zero-order chi connectivity index (χ0) is 31.9. The van der Waals surface area contributed by atoms with Crippen molar-refractivity contribution in [1.82, 2.24) is 19.8 Å². The van der Waals surface area contributed by atoms with Crippen LogP contribution in [0.15, 0.2) is 36.4 Å². The van der Waals surface area contributed by atoms with E-state index in [1.54, 1.807) is 12.1 Å². The van der Waals surface area contributed by atoms with Crippen molar-refractivity contribution in [3.05, 3.63) is 64.2 Å². The molecule has 1 aliphatic carbocycles. The van der Waals surface area contributed by atoms with Crippen LogP contribution in [-0.4, -0.2) is 84.1 Å². The summed E-state index contributed by atoms with van der Waals surface area (Å²) in [6, 6.07) is 11.6. The number of anilines is 3. The van der Waals surface area contributed by atoms with Gasteiger partial charge in [0.2, 0.25) is 5.91 Å². The summed E-state index contributed by atoms with van der Waals surface area (Å²) in [5.41, 5.74) is 4.05. The number of hydrogen-bond donors (Lipinski definition) is 1. The van der Waals surface area contributed by atoms with Crippen LogP contribution in [0.4, 0.5) is 25.3 Å². The summed E-state index contributed by atoms with van der Waals surface area (Å²) in [6.07, 6.45) is 1.17. The molecule has 46 heavy (non-hydrogen) atoms. The van der Waals surface area contributed by atoms with Crippen molar-refractivity contribution in [2.24, 2.45) is 11.3 Å². The second-order valence-corrected chi connectivity index (χ2v) is 14.3. The van der Waals surface area contributed by atoms with Crippen LogP contribution in [0.3, 0.4) is 0 Å². The number of hydrogen-bond acceptors (Lipinski definition) is 9. The van der Waals surface area contributed by atoms with E-state index < -0.39 is 11.9 Å². The van der Waals surface area contributed by atoms with E-state index in [9.17, 15) is 19.6 Å². The van der Waals surface area contributed by atoms with E-state index in [2.05, 4.69) is 27.9 Å². The zero-order valence-electron chi connectivity index (χ0n) is 25.6. The summed E-state index contributed by atoms with van der Waals surface area (Å²) in [7, 11) is 3.89. The van der Waals surface area contributed by atoms with E-state index in [4.69, 9.17) is 4.98 Å². The van der Waals surface area contributed by atoms with Gasteiger partial charge in [0.15, 0.2) is 10.9 Å². The molecule has 2 atom stereocenters. The minimum absolute atomic E-state index is 0.0385. The van der Waals surface area contributed by atoms with Crippen LogP contribution in [0.2, 0.25) is 0 Å². The number of thiazole rings is 1. The number of fused-ring (bicyclic) bond motifs is 2. The lowest BCUT2D eigenvalue weighted by atomic mass is 9.72. The number of nitrogens with zero attached hydrogens (tertiary/aromatic N) is 7. The number of pyridine rings is 1. The van der Waals surface area contributed by atoms with Gasteiger partial charge in [-0.3, -0.25) is 4.79 Å². The van der Waals surface area contributed by atoms with Crippen LogP contribution in [0.1, 0.15) is 35.1 Å². The standard InChI is InChI=1S/C34H33F2N7O2S/c1-40-10-9-20(14-40)32(45)43-17-34(18-43)15-42(16-34)22-11-24-29(25(36)12-22)38-30-23(7-8-26(30)44)31(24)41(2)33-39-28(27(13-37)46-33)19-3-5-21(35)6-4-19/h3-6,11-12,20,26,44H,7-10,14-18H2,1-2H3/t20-,26-/m0/s1. The third kappa shape index (κ3) is 4.63. The van der Waals surface area contributed by atoms with Gasteiger partial charge in [-0.1, -0.05) is 11.3 Å². The number of carbonyl (C=O) groups is 1. The zero-order valence-corrected chi connectivity index (χ0v) is 26.4. The maximum atomic E-state index is 15.9. The van der Waals surface area contributed by atoms with E-state index in [0.717, 1.165) is 56.9 Å². The minimum Gasteiger partial charge on any atom is -0.387 e. The molecule has 2 aromatic carbocycles. The first kappa shape index (κ1) is 29.2. The van der Waals surface area contributed by atoms with Crippen molar-refractivity contribution < 1.29 is 18.7 Å². The lowest BCUT2D eigenvalue weighted by Crippen LogP contribution is -2.73. The smallest absolute Gasteiger partial charge is 0.227 e. The minimum atomic E-state index is -0.796. The molecule has 1 spiro atoms. The number of aliphatic hydroxyl groups is 1. The summed E-state index contributed by atoms with van der Waals surface area (Å²) in [5, 5.41) is 21.8. The maximum absolute atomic E-state index is 15.9. The van der Waals surface area contributed by atoms with E-state index >= 15 is 4.39 Å². The van der Waals surface area contributed by atoms with Gasteiger partial charge in [0.05, 0.1) is 23.4 Å². The molecule has 3 saturated heterocycles. The first-order chi connectivity index (χ1) is 22.1. The summed E-state index contributed by atoms with van der Waals surface area (Å²) < 4.78 is 29.5. The monoisotopic (exact) mass is 641 g/mol. The highest BCUT2D eigenvalue weighted by atomic mass is 32.1. The molecule has 0 bridgehead atoms. The van der Waals surface area contributed by atoms with Crippen LogP contribution >= 0.6 is 11.3 Å². The third-order valence-electron chi connectivity index (χ3n) is 10.1. The predicted octanol–water partition coefficient (Wildman–Crippen LogP) is 4.86. The van der Waals surface area contributed by atoms with Gasteiger partial charge in [-0.2, -0.15) is 5.26 Å². The number of benzene rings is 2. The number of aliphatic hydroxyl groups excluding tert-OH is 1. The van der Waals surface area contributed by atoms with Crippen LogP contribution in [0, 0.1) is 34.3 Å². The molecule has 0 unspecified atom stereocenters. The summed E-state index contributed by atoms with van der Waals surface area (Å²) >= 11 is 1.21. The quantitative estimate of drug-likeness (QED) is 0.330. The average Bonchev–Trinajstić information content (AvgIpc) is 3.73. The molecule has 3 fully saturated rings. The Kier molecular flexibility index (Phi) is 6.79. The predicted molar refractivity (Wildman–Crippen MR) is 172 cm³/mol. The number of rotatable bonds is 5. The molecule has 12 heteroatoms. The van der Waals surface area contributed by atoms with Gasteiger partial charge >= 0.3 is 0 Å². The van der Waals surface area contributed by atoms with E-state index in [0.29, 0.717) is 50.9 Å². The molecule has 236 valence electrons. The summed E-state index contributed by atoms with van der Waals surface area (Å²) in [4.78, 5) is 31.0. The van der Waals surface area contributed by atoms with Crippen LogP contribution < -0.4 is 9.80 Å². The Morgan fingerprint density at radius 2 is 1.89 bits per heavy atom. The molecule has 0 saturated carbocycles. The number of halogens is 2. The second kappa shape index (κ2) is 10.7. The fraction of sp³-hybridized carbons (Fsp3) is 0.412. The van der Waals surface area contributed by atoms with Gasteiger partial charge < -0.3 is 24.7 Å². The Hall–Kier alpha value is -4.18. The van der Waals surface area contributed by atoms with E-state index in [-0.39, 0.29) is 28.6 Å². The van der Waals surface area contributed by atoms with Crippen LogP contribution in [-0.2, 0) is 11.2 Å². The average molecular weight is 642 g/mol. The van der Waals surface area contributed by atoms with Gasteiger partial charge in [0.1, 0.15) is 28.0 Å². The van der Waals surface area contributed by atoms with Gasteiger partial charge in [-0.15, -0.1) is 0 Å². The fourth-order valence-corrected chi connectivity index (χ4v) is 8.60. The molecule has 1 amide bonds. The van der Waals surface area contributed by atoms with Crippen LogP contribution in [0.5, 0.6) is 0 Å². The van der Waals surface area contributed by atoms with Crippen molar-refractivity contribution >= 4 is 44.7 Å². The van der Waals surface area contributed by atoms with Gasteiger partial charge in [0, 0.05) is 67.4 Å². The molecule has 4 aromatic rings. The normalized spacial score (nSPS) is 21.7. The SMILES string of the molecule is CN1CC[C@H](C(=O)N2CC3(C2)CN(c2cc(F)c4nc5c(c(N(C)c6nc(-c7ccc(F)cc7)c(C#N)s6)c4c2)CC[C@@H]5O)C3)C1. The van der Waals surface area contributed by atoms with E-state index in [1.807, 2.05) is 22.9 Å². The lowest BCUT2D eigenvalue weighted by Gasteiger charge is -2.61. The molecule has 0 radical (unpaired) electrons. The first-order valence-electron chi connectivity index (χ1n) is 15.6. The maximum Gasteiger partial charge on any atom is 0.227 e. The molecule has 5 heterocycles. The Balaban J connectivity index is 1.11. The van der Waals surface area contributed by atoms with Crippen molar-refractivity contribution in [2.75, 3.05) is 63.2 Å². The Bertz CT molecular complexity index is 1930. The van der Waals surface area contributed by atoms with Crippen molar-refractivity contribution in [2.45, 2.75) is 25.4 Å². The lowest BCUT2D eigenvalue weighted by molar-refractivity contribution is -0.149. The molecular weight excluding hydrogens is 608 g/mol. The van der Waals surface area contributed by atoms with Gasteiger partial charge in [-0.25, -0.2) is 18.7 Å². The highest BCUT2D eigenvalue weighted by Gasteiger charge is 2.54.